The molecule has 1 saturated heterocycles. The van der Waals surface area contributed by atoms with Crippen LogP contribution in [0.1, 0.15) is 41.9 Å². The molecule has 144 valence electrons. The molecule has 1 amide bonds. The van der Waals surface area contributed by atoms with Gasteiger partial charge in [0.25, 0.3) is 5.91 Å². The molecule has 28 heavy (non-hydrogen) atoms. The number of carbonyl (C=O) groups is 2. The van der Waals surface area contributed by atoms with Gasteiger partial charge in [-0.25, -0.2) is 0 Å². The third-order valence-electron chi connectivity index (χ3n) is 5.10. The Balaban J connectivity index is 1.38. The fourth-order valence-corrected chi connectivity index (χ4v) is 3.57. The Morgan fingerprint density at radius 2 is 1.96 bits per heavy atom. The number of carbonyl (C=O) groups excluding carboxylic acids is 2. The van der Waals surface area contributed by atoms with Gasteiger partial charge >= 0.3 is 0 Å². The van der Waals surface area contributed by atoms with Gasteiger partial charge < -0.3 is 9.64 Å². The van der Waals surface area contributed by atoms with E-state index in [2.05, 4.69) is 10.2 Å². The Bertz CT molecular complexity index is 996. The van der Waals surface area contributed by atoms with Gasteiger partial charge in [0.1, 0.15) is 11.6 Å². The number of benzene rings is 1. The monoisotopic (exact) mass is 378 g/mol. The van der Waals surface area contributed by atoms with E-state index in [0.717, 1.165) is 30.9 Å². The number of hydrogen-bond acceptors (Lipinski definition) is 5. The number of rotatable bonds is 5. The molecule has 7 nitrogen and oxygen atoms in total. The zero-order chi connectivity index (χ0) is 19.5. The molecule has 1 aromatic carbocycles. The summed E-state index contributed by atoms with van der Waals surface area (Å²) in [4.78, 5) is 25.8. The molecule has 0 bridgehead atoms. The molecule has 1 fully saturated rings. The molecule has 0 aliphatic carbocycles. The van der Waals surface area contributed by atoms with Gasteiger partial charge in [0.05, 0.1) is 0 Å². The summed E-state index contributed by atoms with van der Waals surface area (Å²) < 4.78 is 7.61. The first kappa shape index (κ1) is 18.2. The van der Waals surface area contributed by atoms with Gasteiger partial charge in [0.15, 0.2) is 18.0 Å². The number of fused-ring (bicyclic) bond motifs is 1. The number of aromatic nitrogens is 3. The lowest BCUT2D eigenvalue weighted by Gasteiger charge is -2.31. The van der Waals surface area contributed by atoms with E-state index in [1.54, 1.807) is 24.3 Å². The van der Waals surface area contributed by atoms with Gasteiger partial charge in [-0.3, -0.25) is 14.0 Å². The van der Waals surface area contributed by atoms with Crippen LogP contribution in [0.2, 0.25) is 0 Å². The van der Waals surface area contributed by atoms with Crippen molar-refractivity contribution in [2.24, 2.45) is 0 Å². The van der Waals surface area contributed by atoms with E-state index < -0.39 is 0 Å². The van der Waals surface area contributed by atoms with Gasteiger partial charge in [0.2, 0.25) is 0 Å². The van der Waals surface area contributed by atoms with E-state index in [4.69, 9.17) is 4.74 Å². The first-order valence-electron chi connectivity index (χ1n) is 9.43. The van der Waals surface area contributed by atoms with Crippen molar-refractivity contribution in [1.29, 1.82) is 0 Å². The third kappa shape index (κ3) is 3.74. The highest BCUT2D eigenvalue weighted by molar-refractivity contribution is 5.94. The van der Waals surface area contributed by atoms with Crippen molar-refractivity contribution in [3.05, 3.63) is 60.0 Å². The number of pyridine rings is 1. The van der Waals surface area contributed by atoms with Crippen molar-refractivity contribution < 1.29 is 14.3 Å². The quantitative estimate of drug-likeness (QED) is 0.638. The summed E-state index contributed by atoms with van der Waals surface area (Å²) in [6.45, 7) is 2.83. The second-order valence-electron chi connectivity index (χ2n) is 7.04. The highest BCUT2D eigenvalue weighted by atomic mass is 16.5. The molecule has 0 saturated carbocycles. The predicted octanol–water partition coefficient (Wildman–Crippen LogP) is 2.72. The standard InChI is InChI=1S/C21H22N4O3/c1-15(26)16-7-9-18(10-8-16)28-14-20(27)24-11-4-5-17(13-24)21-23-22-19-6-2-3-12-25(19)21/h2-3,6-10,12,17H,4-5,11,13-14H2,1H3/t17-/m0/s1. The van der Waals surface area contributed by atoms with Crippen molar-refractivity contribution in [2.75, 3.05) is 19.7 Å². The molecule has 0 N–H and O–H groups in total. The van der Waals surface area contributed by atoms with Crippen LogP contribution >= 0.6 is 0 Å². The summed E-state index contributed by atoms with van der Waals surface area (Å²) in [6.07, 6.45) is 3.86. The van der Waals surface area contributed by atoms with Gasteiger partial charge in [-0.2, -0.15) is 0 Å². The Labute approximate surface area is 162 Å². The highest BCUT2D eigenvalue weighted by Crippen LogP contribution is 2.26. The van der Waals surface area contributed by atoms with Crippen LogP contribution in [0, 0.1) is 0 Å². The van der Waals surface area contributed by atoms with Crippen LogP contribution < -0.4 is 4.74 Å². The number of amides is 1. The van der Waals surface area contributed by atoms with Crippen LogP contribution in [0.5, 0.6) is 5.75 Å². The second-order valence-corrected chi connectivity index (χ2v) is 7.04. The largest absolute Gasteiger partial charge is 0.484 e. The molecule has 0 radical (unpaired) electrons. The molecule has 1 atom stereocenters. The minimum Gasteiger partial charge on any atom is -0.484 e. The lowest BCUT2D eigenvalue weighted by molar-refractivity contribution is -0.134. The Kier molecular flexibility index (Phi) is 5.06. The van der Waals surface area contributed by atoms with Gasteiger partial charge in [-0.15, -0.1) is 10.2 Å². The molecule has 4 rings (SSSR count). The van der Waals surface area contributed by atoms with Crippen molar-refractivity contribution >= 4 is 17.3 Å². The first-order valence-corrected chi connectivity index (χ1v) is 9.43. The smallest absolute Gasteiger partial charge is 0.260 e. The molecular formula is C21H22N4O3. The Morgan fingerprint density at radius 1 is 1.14 bits per heavy atom. The van der Waals surface area contributed by atoms with Crippen molar-refractivity contribution in [1.82, 2.24) is 19.5 Å². The maximum absolute atomic E-state index is 12.6. The number of piperidine rings is 1. The van der Waals surface area contributed by atoms with E-state index >= 15 is 0 Å². The highest BCUT2D eigenvalue weighted by Gasteiger charge is 2.28. The number of nitrogens with zero attached hydrogens (tertiary/aromatic N) is 4. The summed E-state index contributed by atoms with van der Waals surface area (Å²) >= 11 is 0. The fraction of sp³-hybridized carbons (Fsp3) is 0.333. The van der Waals surface area contributed by atoms with E-state index in [0.29, 0.717) is 17.9 Å². The van der Waals surface area contributed by atoms with Crippen LogP contribution in [-0.2, 0) is 4.79 Å². The summed E-state index contributed by atoms with van der Waals surface area (Å²) in [7, 11) is 0. The zero-order valence-corrected chi connectivity index (χ0v) is 15.7. The molecule has 3 heterocycles. The topological polar surface area (TPSA) is 76.8 Å². The summed E-state index contributed by atoms with van der Waals surface area (Å²) in [5.41, 5.74) is 1.44. The van der Waals surface area contributed by atoms with Gasteiger partial charge in [0, 0.05) is 30.8 Å². The molecule has 2 aromatic heterocycles. The molecule has 3 aromatic rings. The maximum atomic E-state index is 12.6. The number of ketones is 1. The molecule has 0 spiro atoms. The van der Waals surface area contributed by atoms with Crippen LogP contribution in [0.3, 0.4) is 0 Å². The summed E-state index contributed by atoms with van der Waals surface area (Å²) in [6, 6.07) is 12.6. The minimum absolute atomic E-state index is 0.00277. The molecule has 0 unspecified atom stereocenters. The van der Waals surface area contributed by atoms with Crippen LogP contribution in [-0.4, -0.2) is 50.9 Å². The number of ether oxygens (including phenoxy) is 1. The Hall–Kier alpha value is -3.22. The van der Waals surface area contributed by atoms with Crippen molar-refractivity contribution in [3.63, 3.8) is 0 Å². The summed E-state index contributed by atoms with van der Waals surface area (Å²) in [5.74, 6) is 1.59. The number of Topliss-reactive ketones (excluding diaryl/α,β-unsaturated/α-hetero) is 1. The fourth-order valence-electron chi connectivity index (χ4n) is 3.57. The van der Waals surface area contributed by atoms with Gasteiger partial charge in [-0.1, -0.05) is 6.07 Å². The van der Waals surface area contributed by atoms with E-state index in [1.165, 1.54) is 6.92 Å². The van der Waals surface area contributed by atoms with Crippen LogP contribution in [0.4, 0.5) is 0 Å². The zero-order valence-electron chi connectivity index (χ0n) is 15.7. The molecule has 1 aliphatic rings. The SMILES string of the molecule is CC(=O)c1ccc(OCC(=O)N2CCC[C@H](c3nnc4ccccn34)C2)cc1. The average Bonchev–Trinajstić information content (AvgIpc) is 3.16. The van der Waals surface area contributed by atoms with Gasteiger partial charge in [-0.05, 0) is 56.2 Å². The van der Waals surface area contributed by atoms with E-state index in [-0.39, 0.29) is 24.2 Å². The predicted molar refractivity (Wildman–Crippen MR) is 103 cm³/mol. The number of likely N-dealkylation sites (tertiary alicyclic amines) is 1. The molecular weight excluding hydrogens is 356 g/mol. The Morgan fingerprint density at radius 3 is 2.75 bits per heavy atom. The van der Waals surface area contributed by atoms with Crippen LogP contribution in [0.25, 0.3) is 5.65 Å². The third-order valence-corrected chi connectivity index (χ3v) is 5.10. The normalized spacial score (nSPS) is 16.9. The minimum atomic E-state index is -0.0471. The van der Waals surface area contributed by atoms with E-state index in [1.807, 2.05) is 33.7 Å². The molecule has 1 aliphatic heterocycles. The maximum Gasteiger partial charge on any atom is 0.260 e. The van der Waals surface area contributed by atoms with E-state index in [9.17, 15) is 9.59 Å². The van der Waals surface area contributed by atoms with Crippen molar-refractivity contribution in [2.45, 2.75) is 25.7 Å². The summed E-state index contributed by atoms with van der Waals surface area (Å²) in [5, 5.41) is 8.56. The number of hydrogen-bond donors (Lipinski definition) is 0. The lowest BCUT2D eigenvalue weighted by Crippen LogP contribution is -2.42. The first-order chi connectivity index (χ1) is 13.6. The molecule has 7 heteroatoms. The van der Waals surface area contributed by atoms with Crippen LogP contribution in [0.15, 0.2) is 48.7 Å². The second kappa shape index (κ2) is 7.80. The average molecular weight is 378 g/mol. The van der Waals surface area contributed by atoms with Crippen molar-refractivity contribution in [3.8, 4) is 5.75 Å². The lowest BCUT2D eigenvalue weighted by atomic mass is 9.97.